The van der Waals surface area contributed by atoms with Gasteiger partial charge in [0.15, 0.2) is 5.78 Å². The minimum atomic E-state index is -0.762. The Bertz CT molecular complexity index is 1210. The van der Waals surface area contributed by atoms with E-state index in [2.05, 4.69) is 10.2 Å². The number of anilines is 1. The van der Waals surface area contributed by atoms with E-state index in [1.807, 2.05) is 32.0 Å². The number of amides is 3. The van der Waals surface area contributed by atoms with Crippen LogP contribution in [0, 0.1) is 5.92 Å². The molecule has 0 aromatic heterocycles. The van der Waals surface area contributed by atoms with Gasteiger partial charge in [-0.15, -0.1) is 0 Å². The minimum absolute atomic E-state index is 0.0104. The van der Waals surface area contributed by atoms with E-state index in [-0.39, 0.29) is 42.0 Å². The highest BCUT2D eigenvalue weighted by Gasteiger charge is 2.52. The maximum Gasteiger partial charge on any atom is 0.254 e. The first-order valence-electron chi connectivity index (χ1n) is 13.8. The number of rotatable bonds is 7. The van der Waals surface area contributed by atoms with Crippen molar-refractivity contribution in [2.45, 2.75) is 44.8 Å². The molecule has 1 N–H and O–H groups in total. The molecule has 3 atom stereocenters. The van der Waals surface area contributed by atoms with Crippen LogP contribution in [-0.4, -0.2) is 90.8 Å². The molecule has 206 valence electrons. The summed E-state index contributed by atoms with van der Waals surface area (Å²) in [6.45, 7) is 7.33. The lowest BCUT2D eigenvalue weighted by Gasteiger charge is -2.29. The van der Waals surface area contributed by atoms with E-state index in [0.29, 0.717) is 43.7 Å². The van der Waals surface area contributed by atoms with Crippen molar-refractivity contribution in [1.29, 1.82) is 0 Å². The van der Waals surface area contributed by atoms with E-state index in [9.17, 15) is 19.2 Å². The van der Waals surface area contributed by atoms with Gasteiger partial charge >= 0.3 is 0 Å². The summed E-state index contributed by atoms with van der Waals surface area (Å²) >= 11 is 0. The predicted octanol–water partition coefficient (Wildman–Crippen LogP) is 2.36. The third kappa shape index (κ3) is 5.68. The van der Waals surface area contributed by atoms with E-state index in [1.165, 1.54) is 0 Å². The van der Waals surface area contributed by atoms with Crippen LogP contribution in [-0.2, 0) is 14.3 Å². The van der Waals surface area contributed by atoms with E-state index < -0.39 is 12.1 Å². The minimum Gasteiger partial charge on any atom is -0.378 e. The first-order chi connectivity index (χ1) is 18.8. The summed E-state index contributed by atoms with van der Waals surface area (Å²) in [7, 11) is 0. The number of morpholine rings is 1. The summed E-state index contributed by atoms with van der Waals surface area (Å²) in [6.07, 6.45) is 0.983. The smallest absolute Gasteiger partial charge is 0.254 e. The zero-order chi connectivity index (χ0) is 27.5. The average molecular weight is 533 g/mol. The molecule has 9 heteroatoms. The maximum absolute atomic E-state index is 13.8. The van der Waals surface area contributed by atoms with Crippen molar-refractivity contribution in [3.63, 3.8) is 0 Å². The predicted molar refractivity (Wildman–Crippen MR) is 147 cm³/mol. The summed E-state index contributed by atoms with van der Waals surface area (Å²) in [5.41, 5.74) is 2.03. The van der Waals surface area contributed by atoms with Gasteiger partial charge in [-0.05, 0) is 55.2 Å². The van der Waals surface area contributed by atoms with Crippen LogP contribution in [0.1, 0.15) is 47.4 Å². The van der Waals surface area contributed by atoms with Crippen molar-refractivity contribution in [1.82, 2.24) is 15.1 Å². The van der Waals surface area contributed by atoms with Crippen LogP contribution in [0.4, 0.5) is 5.69 Å². The summed E-state index contributed by atoms with van der Waals surface area (Å²) in [5, 5.41) is 2.94. The van der Waals surface area contributed by atoms with Gasteiger partial charge in [0.1, 0.15) is 12.1 Å². The molecule has 0 spiro atoms. The Labute approximate surface area is 229 Å². The van der Waals surface area contributed by atoms with Crippen LogP contribution >= 0.6 is 0 Å². The molecule has 3 fully saturated rings. The molecule has 5 rings (SSSR count). The number of nitrogens with zero attached hydrogens (tertiary/aromatic N) is 3. The normalized spacial score (nSPS) is 21.7. The van der Waals surface area contributed by atoms with Crippen LogP contribution in [0.25, 0.3) is 0 Å². The molecule has 3 aliphatic rings. The number of ether oxygens (including phenoxy) is 1. The van der Waals surface area contributed by atoms with Crippen molar-refractivity contribution in [2.24, 2.45) is 5.92 Å². The Morgan fingerprint density at radius 2 is 1.62 bits per heavy atom. The van der Waals surface area contributed by atoms with E-state index in [1.54, 1.807) is 46.2 Å². The molecule has 2 aromatic rings. The number of fused-ring (bicyclic) bond motifs is 1. The lowest BCUT2D eigenvalue weighted by atomic mass is 10.0. The molecule has 3 heterocycles. The number of carbonyl (C=O) groups excluding carboxylic acids is 4. The van der Waals surface area contributed by atoms with Gasteiger partial charge in [0.2, 0.25) is 5.91 Å². The Morgan fingerprint density at radius 1 is 0.923 bits per heavy atom. The number of nitrogens with one attached hydrogen (secondary N) is 1. The summed E-state index contributed by atoms with van der Waals surface area (Å²) < 4.78 is 5.41. The molecule has 3 amide bonds. The molecular weight excluding hydrogens is 496 g/mol. The Hall–Kier alpha value is -3.72. The number of carbonyl (C=O) groups is 4. The second-order valence-electron chi connectivity index (χ2n) is 10.9. The lowest BCUT2D eigenvalue weighted by Crippen LogP contribution is -2.53. The third-order valence-electron chi connectivity index (χ3n) is 7.80. The zero-order valence-electron chi connectivity index (χ0n) is 22.5. The van der Waals surface area contributed by atoms with Gasteiger partial charge in [0, 0.05) is 36.4 Å². The molecule has 0 aliphatic carbocycles. The summed E-state index contributed by atoms with van der Waals surface area (Å²) in [5.74, 6) is -0.771. The van der Waals surface area contributed by atoms with Crippen molar-refractivity contribution in [3.05, 3.63) is 65.7 Å². The third-order valence-corrected chi connectivity index (χ3v) is 7.80. The van der Waals surface area contributed by atoms with E-state index in [4.69, 9.17) is 4.74 Å². The fraction of sp³-hybridized carbons (Fsp3) is 0.467. The molecule has 0 bridgehead atoms. The molecule has 9 nitrogen and oxygen atoms in total. The summed E-state index contributed by atoms with van der Waals surface area (Å²) in [4.78, 5) is 58.6. The first kappa shape index (κ1) is 26.9. The number of hydrogen-bond donors (Lipinski definition) is 1. The maximum atomic E-state index is 13.8. The van der Waals surface area contributed by atoms with Crippen LogP contribution in [0.5, 0.6) is 0 Å². The SMILES string of the molecule is CC(C)C[C@H](NC(=O)c1ccc(N2CCOCC2)cc1)C(=O)N1CC[C@@H]2C1C(=O)CN2C(=O)c1ccccc1. The number of Topliss-reactive ketones (excluding diaryl/α,β-unsaturated/α-hetero) is 1. The van der Waals surface area contributed by atoms with Crippen LogP contribution in [0.3, 0.4) is 0 Å². The molecule has 3 saturated heterocycles. The Morgan fingerprint density at radius 3 is 2.28 bits per heavy atom. The van der Waals surface area contributed by atoms with Crippen molar-refractivity contribution >= 4 is 29.2 Å². The van der Waals surface area contributed by atoms with Gasteiger partial charge < -0.3 is 24.8 Å². The van der Waals surface area contributed by atoms with Gasteiger partial charge in [-0.2, -0.15) is 0 Å². The van der Waals surface area contributed by atoms with Gasteiger partial charge in [-0.1, -0.05) is 32.0 Å². The molecule has 0 saturated carbocycles. The second-order valence-corrected chi connectivity index (χ2v) is 10.9. The highest BCUT2D eigenvalue weighted by Crippen LogP contribution is 2.32. The molecule has 39 heavy (non-hydrogen) atoms. The molecule has 0 radical (unpaired) electrons. The molecule has 2 aromatic carbocycles. The van der Waals surface area contributed by atoms with Crippen LogP contribution in [0.2, 0.25) is 0 Å². The number of ketones is 1. The highest BCUT2D eigenvalue weighted by molar-refractivity contribution is 6.03. The topological polar surface area (TPSA) is 99.3 Å². The monoisotopic (exact) mass is 532 g/mol. The Kier molecular flexibility index (Phi) is 7.97. The van der Waals surface area contributed by atoms with Gasteiger partial charge in [0.05, 0.1) is 25.8 Å². The molecular formula is C30H36N4O5. The summed E-state index contributed by atoms with van der Waals surface area (Å²) in [6, 6.07) is 14.5. The second kappa shape index (κ2) is 11.6. The average Bonchev–Trinajstić information content (AvgIpc) is 3.54. The van der Waals surface area contributed by atoms with Gasteiger partial charge in [0.25, 0.3) is 11.8 Å². The number of benzene rings is 2. The Balaban J connectivity index is 1.28. The lowest BCUT2D eigenvalue weighted by molar-refractivity contribution is -0.138. The zero-order valence-corrected chi connectivity index (χ0v) is 22.5. The van der Waals surface area contributed by atoms with Crippen molar-refractivity contribution in [3.8, 4) is 0 Å². The number of hydrogen-bond acceptors (Lipinski definition) is 6. The van der Waals surface area contributed by atoms with E-state index in [0.717, 1.165) is 18.8 Å². The van der Waals surface area contributed by atoms with Gasteiger partial charge in [-0.25, -0.2) is 0 Å². The quantitative estimate of drug-likeness (QED) is 0.588. The molecule has 3 aliphatic heterocycles. The van der Waals surface area contributed by atoms with Crippen molar-refractivity contribution < 1.29 is 23.9 Å². The fourth-order valence-electron chi connectivity index (χ4n) is 5.87. The van der Waals surface area contributed by atoms with E-state index >= 15 is 0 Å². The van der Waals surface area contributed by atoms with Crippen LogP contribution in [0.15, 0.2) is 54.6 Å². The largest absolute Gasteiger partial charge is 0.378 e. The van der Waals surface area contributed by atoms with Gasteiger partial charge in [-0.3, -0.25) is 19.2 Å². The first-order valence-corrected chi connectivity index (χ1v) is 13.8. The van der Waals surface area contributed by atoms with Crippen LogP contribution < -0.4 is 10.2 Å². The van der Waals surface area contributed by atoms with Crippen molar-refractivity contribution in [2.75, 3.05) is 44.3 Å². The number of likely N-dealkylation sites (tertiary alicyclic amines) is 2. The standard InChI is InChI=1S/C30H36N4O5/c1-20(2)18-24(31-28(36)21-8-10-23(11-9-21)32-14-16-39-17-15-32)30(38)33-13-12-25-27(33)26(35)19-34(25)29(37)22-6-4-3-5-7-22/h3-11,20,24-25,27H,12-19H2,1-2H3,(H,31,36)/t24-,25+,27?/m0/s1. The highest BCUT2D eigenvalue weighted by atomic mass is 16.5. The molecule has 1 unspecified atom stereocenters. The fourth-order valence-corrected chi connectivity index (χ4v) is 5.87.